The first-order valence-corrected chi connectivity index (χ1v) is 16.1. The zero-order valence-corrected chi connectivity index (χ0v) is 25.5. The molecule has 0 amide bonds. The van der Waals surface area contributed by atoms with E-state index in [1.807, 2.05) is 12.1 Å². The average molecular weight is 663 g/mol. The minimum atomic E-state index is -4.78. The fraction of sp³-hybridized carbons (Fsp3) is 0.257. The molecule has 0 N–H and O–H groups in total. The minimum Gasteiger partial charge on any atom is -0.205 e. The number of thiophene rings is 2. The van der Waals surface area contributed by atoms with E-state index in [1.165, 1.54) is 23.5 Å². The summed E-state index contributed by atoms with van der Waals surface area (Å²) in [6.45, 7) is 2.15. The Hall–Kier alpha value is -3.50. The monoisotopic (exact) mass is 662 g/mol. The van der Waals surface area contributed by atoms with Crippen molar-refractivity contribution < 1.29 is 35.1 Å². The Morgan fingerprint density at radius 2 is 1.36 bits per heavy atom. The summed E-state index contributed by atoms with van der Waals surface area (Å²) in [6.07, 6.45) is -2.02. The van der Waals surface area contributed by atoms with Crippen molar-refractivity contribution >= 4 is 68.6 Å². The third-order valence-electron chi connectivity index (χ3n) is 8.26. The largest absolute Gasteiger partial charge is 0.419 e. The summed E-state index contributed by atoms with van der Waals surface area (Å²) in [5.41, 5.74) is -0.456. The maximum Gasteiger partial charge on any atom is 0.419 e. The molecule has 0 saturated heterocycles. The van der Waals surface area contributed by atoms with Crippen molar-refractivity contribution in [3.05, 3.63) is 101 Å². The van der Waals surface area contributed by atoms with Gasteiger partial charge in [-0.1, -0.05) is 68.3 Å². The van der Waals surface area contributed by atoms with Gasteiger partial charge < -0.3 is 0 Å². The van der Waals surface area contributed by atoms with Crippen molar-refractivity contribution in [1.82, 2.24) is 0 Å². The first-order chi connectivity index (χ1) is 21.4. The van der Waals surface area contributed by atoms with Crippen LogP contribution in [0.3, 0.4) is 0 Å². The van der Waals surface area contributed by atoms with E-state index in [2.05, 4.69) is 13.0 Å². The van der Waals surface area contributed by atoms with Crippen molar-refractivity contribution in [3.63, 3.8) is 0 Å². The molecule has 2 aromatic heterocycles. The van der Waals surface area contributed by atoms with E-state index in [0.29, 0.717) is 37.7 Å². The second kappa shape index (κ2) is 12.0. The van der Waals surface area contributed by atoms with Gasteiger partial charge in [0.25, 0.3) is 0 Å². The number of rotatable bonds is 3. The molecule has 0 radical (unpaired) electrons. The molecular formula is C35H26F8S2. The zero-order chi connectivity index (χ0) is 32.1. The molecule has 1 atom stereocenters. The normalized spacial score (nSPS) is 15.9. The molecule has 0 bridgehead atoms. The number of fused-ring (bicyclic) bond motifs is 6. The average Bonchev–Trinajstić information content (AvgIpc) is 3.57. The van der Waals surface area contributed by atoms with Gasteiger partial charge in [-0.25, -0.2) is 8.78 Å². The Labute approximate surface area is 261 Å². The highest BCUT2D eigenvalue weighted by Gasteiger charge is 2.36. The molecular weight excluding hydrogens is 637 g/mol. The van der Waals surface area contributed by atoms with E-state index in [-0.39, 0.29) is 9.40 Å². The summed E-state index contributed by atoms with van der Waals surface area (Å²) < 4.78 is 109. The third kappa shape index (κ3) is 5.94. The van der Waals surface area contributed by atoms with E-state index >= 15 is 4.39 Å². The molecule has 234 valence electrons. The molecule has 7 rings (SSSR count). The number of alkyl halides is 6. The predicted octanol–water partition coefficient (Wildman–Crippen LogP) is 13.4. The van der Waals surface area contributed by atoms with Gasteiger partial charge in [0.2, 0.25) is 0 Å². The maximum absolute atomic E-state index is 15.2. The van der Waals surface area contributed by atoms with Crippen LogP contribution in [-0.2, 0) is 12.4 Å². The number of hydrogen-bond donors (Lipinski definition) is 0. The molecule has 0 aliphatic heterocycles. The fourth-order valence-corrected chi connectivity index (χ4v) is 8.43. The maximum atomic E-state index is 15.2. The summed E-state index contributed by atoms with van der Waals surface area (Å²) in [5.74, 6) is -1.17. The summed E-state index contributed by atoms with van der Waals surface area (Å²) in [5, 5.41) is 1.77. The molecule has 1 aliphatic carbocycles. The van der Waals surface area contributed by atoms with Crippen molar-refractivity contribution in [1.29, 1.82) is 0 Å². The Morgan fingerprint density at radius 1 is 0.689 bits per heavy atom. The quantitative estimate of drug-likeness (QED) is 0.166. The predicted molar refractivity (Wildman–Crippen MR) is 169 cm³/mol. The van der Waals surface area contributed by atoms with E-state index in [9.17, 15) is 30.7 Å². The van der Waals surface area contributed by atoms with E-state index in [0.717, 1.165) is 65.8 Å². The van der Waals surface area contributed by atoms with Gasteiger partial charge >= 0.3 is 12.4 Å². The second-order valence-corrected chi connectivity index (χ2v) is 13.2. The van der Waals surface area contributed by atoms with Gasteiger partial charge in [0, 0.05) is 36.5 Å². The van der Waals surface area contributed by atoms with Gasteiger partial charge in [-0.05, 0) is 55.0 Å². The smallest absolute Gasteiger partial charge is 0.205 e. The summed E-state index contributed by atoms with van der Waals surface area (Å²) in [7, 11) is 0. The molecule has 6 aromatic rings. The van der Waals surface area contributed by atoms with E-state index < -0.39 is 35.1 Å². The lowest BCUT2D eigenvalue weighted by molar-refractivity contribution is -0.140. The van der Waals surface area contributed by atoms with Crippen LogP contribution in [0.5, 0.6) is 0 Å². The van der Waals surface area contributed by atoms with Gasteiger partial charge in [0.15, 0.2) is 5.82 Å². The first-order valence-electron chi connectivity index (χ1n) is 14.5. The molecule has 1 unspecified atom stereocenters. The molecule has 1 aliphatic rings. The second-order valence-electron chi connectivity index (χ2n) is 11.1. The van der Waals surface area contributed by atoms with Crippen LogP contribution in [0, 0.1) is 17.6 Å². The van der Waals surface area contributed by atoms with Crippen LogP contribution in [0.4, 0.5) is 35.1 Å². The Balaban J connectivity index is 0.000000179. The standard InChI is InChI=1S/C22H19F5S.C13H7F3S/c1-2-3-12-4-6-13(7-5-12)14-8-9-15-16-10-11-17(22(25,26)27)19(24)21(16)28-20(15)18(14)23;14-13(15,16)9-5-3-7-11-12(9)8-4-1-2-6-10(8)17-11/h6,8-12H,2-5,7H2,1H3;1-7H. The lowest BCUT2D eigenvalue weighted by Crippen LogP contribution is -2.07. The highest BCUT2D eigenvalue weighted by atomic mass is 32.1. The van der Waals surface area contributed by atoms with Crippen LogP contribution in [0.2, 0.25) is 0 Å². The number of halogens is 8. The molecule has 45 heavy (non-hydrogen) atoms. The molecule has 0 fully saturated rings. The number of allylic oxidation sites excluding steroid dienone is 2. The molecule has 0 nitrogen and oxygen atoms in total. The summed E-state index contributed by atoms with van der Waals surface area (Å²) >= 11 is 2.15. The molecule has 0 spiro atoms. The van der Waals surface area contributed by atoms with Gasteiger partial charge in [-0.15, -0.1) is 22.7 Å². The topological polar surface area (TPSA) is 0 Å². The minimum absolute atomic E-state index is 0.151. The van der Waals surface area contributed by atoms with E-state index in [1.54, 1.807) is 30.3 Å². The Bertz CT molecular complexity index is 2060. The van der Waals surface area contributed by atoms with Crippen LogP contribution in [-0.4, -0.2) is 0 Å². The number of benzene rings is 4. The molecule has 10 heteroatoms. The van der Waals surface area contributed by atoms with Crippen molar-refractivity contribution in [2.24, 2.45) is 5.92 Å². The van der Waals surface area contributed by atoms with Crippen LogP contribution in [0.25, 0.3) is 45.9 Å². The van der Waals surface area contributed by atoms with Gasteiger partial charge in [0.1, 0.15) is 5.82 Å². The highest BCUT2D eigenvalue weighted by molar-refractivity contribution is 7.26. The molecule has 2 heterocycles. The van der Waals surface area contributed by atoms with Gasteiger partial charge in [0.05, 0.1) is 20.5 Å². The fourth-order valence-electron chi connectivity index (χ4n) is 6.12. The van der Waals surface area contributed by atoms with Crippen LogP contribution in [0.15, 0.2) is 72.8 Å². The van der Waals surface area contributed by atoms with Crippen molar-refractivity contribution in [3.8, 4) is 0 Å². The molecule has 0 saturated carbocycles. The summed E-state index contributed by atoms with van der Waals surface area (Å²) in [6, 6.07) is 16.8. The van der Waals surface area contributed by atoms with E-state index in [4.69, 9.17) is 0 Å². The molecule has 4 aromatic carbocycles. The lowest BCUT2D eigenvalue weighted by Gasteiger charge is -2.22. The number of hydrogen-bond acceptors (Lipinski definition) is 2. The Morgan fingerprint density at radius 3 is 2.02 bits per heavy atom. The lowest BCUT2D eigenvalue weighted by atomic mass is 9.84. The van der Waals surface area contributed by atoms with Crippen molar-refractivity contribution in [2.75, 3.05) is 0 Å². The van der Waals surface area contributed by atoms with Crippen LogP contribution < -0.4 is 0 Å². The van der Waals surface area contributed by atoms with Gasteiger partial charge in [-0.2, -0.15) is 26.3 Å². The van der Waals surface area contributed by atoms with Gasteiger partial charge in [-0.3, -0.25) is 0 Å². The Kier molecular flexibility index (Phi) is 8.41. The first kappa shape index (κ1) is 31.5. The zero-order valence-electron chi connectivity index (χ0n) is 23.9. The van der Waals surface area contributed by atoms with Crippen LogP contribution >= 0.6 is 22.7 Å². The summed E-state index contributed by atoms with van der Waals surface area (Å²) in [4.78, 5) is 0. The highest BCUT2D eigenvalue weighted by Crippen LogP contribution is 2.44. The third-order valence-corrected chi connectivity index (χ3v) is 10.6. The SMILES string of the molecule is CCCC1CC=C(c2ccc3c(sc4c(F)c(C(F)(F)F)ccc43)c2F)CC1.FC(F)(F)c1cccc2sc3ccccc3c12. The van der Waals surface area contributed by atoms with Crippen molar-refractivity contribution in [2.45, 2.75) is 51.4 Å². The van der Waals surface area contributed by atoms with Crippen LogP contribution in [0.1, 0.15) is 55.7 Å².